The van der Waals surface area contributed by atoms with Crippen LogP contribution in [-0.2, 0) is 22.6 Å². The molecule has 0 saturated carbocycles. The summed E-state index contributed by atoms with van der Waals surface area (Å²) in [6.45, 7) is 2.87. The van der Waals surface area contributed by atoms with Crippen LogP contribution < -0.4 is 10.6 Å². The number of benzene rings is 2. The molecule has 2 saturated heterocycles. The first-order valence-electron chi connectivity index (χ1n) is 11.2. The Morgan fingerprint density at radius 3 is 2.25 bits per heavy atom. The van der Waals surface area contributed by atoms with Crippen LogP contribution in [-0.4, -0.2) is 36.6 Å². The van der Waals surface area contributed by atoms with Crippen LogP contribution in [0.1, 0.15) is 41.7 Å². The molecular formula is C25H23F6N3O2. The molecule has 2 aliphatic heterocycles. The minimum atomic E-state index is -4.95. The molecule has 4 rings (SSSR count). The van der Waals surface area contributed by atoms with E-state index in [1.54, 1.807) is 4.90 Å². The molecule has 36 heavy (non-hydrogen) atoms. The molecule has 0 aliphatic carbocycles. The zero-order chi connectivity index (χ0) is 26.1. The van der Waals surface area contributed by atoms with Crippen LogP contribution in [0, 0.1) is 12.0 Å². The molecule has 2 heterocycles. The summed E-state index contributed by atoms with van der Waals surface area (Å²) in [4.78, 5) is 13.8. The normalized spacial score (nSPS) is 23.1. The molecule has 2 N–H and O–H groups in total. The molecule has 2 amide bonds. The second kappa shape index (κ2) is 9.58. The maximum Gasteiger partial charge on any atom is 0.416 e. The van der Waals surface area contributed by atoms with E-state index in [9.17, 15) is 31.1 Å². The predicted molar refractivity (Wildman–Crippen MR) is 118 cm³/mol. The highest BCUT2D eigenvalue weighted by atomic mass is 19.4. The van der Waals surface area contributed by atoms with Gasteiger partial charge in [-0.05, 0) is 42.2 Å². The summed E-state index contributed by atoms with van der Waals surface area (Å²) < 4.78 is 84.7. The monoisotopic (exact) mass is 511 g/mol. The highest BCUT2D eigenvalue weighted by Crippen LogP contribution is 2.38. The summed E-state index contributed by atoms with van der Waals surface area (Å²) in [5, 5.41) is 6.09. The van der Waals surface area contributed by atoms with Crippen molar-refractivity contribution in [3.8, 4) is 12.0 Å². The van der Waals surface area contributed by atoms with E-state index in [1.165, 1.54) is 6.92 Å². The van der Waals surface area contributed by atoms with Crippen molar-refractivity contribution in [2.24, 2.45) is 0 Å². The van der Waals surface area contributed by atoms with Gasteiger partial charge in [0.25, 0.3) is 0 Å². The number of hydrogen-bond acceptors (Lipinski definition) is 3. The smallest absolute Gasteiger partial charge is 0.416 e. The van der Waals surface area contributed by atoms with Gasteiger partial charge in [-0.3, -0.25) is 5.32 Å². The Labute approximate surface area is 203 Å². The van der Waals surface area contributed by atoms with E-state index < -0.39 is 35.1 Å². The SMILES string of the molecule is C[C@@H](OC#C[C@@]1(c2ccccc2)C[C@H](N2CCNC2=O)CN1)c1cc(C(F)(F)F)cc(C(F)(F)F)c1. The number of hydrogen-bond donors (Lipinski definition) is 2. The second-order valence-electron chi connectivity index (χ2n) is 8.76. The van der Waals surface area contributed by atoms with Crippen molar-refractivity contribution in [1.82, 2.24) is 15.5 Å². The van der Waals surface area contributed by atoms with E-state index in [1.807, 2.05) is 30.3 Å². The number of nitrogens with one attached hydrogen (secondary N) is 2. The van der Waals surface area contributed by atoms with Gasteiger partial charge in [-0.15, -0.1) is 0 Å². The Bertz CT molecular complexity index is 1140. The maximum atomic E-state index is 13.2. The summed E-state index contributed by atoms with van der Waals surface area (Å²) in [6.07, 6.45) is -8.14. The second-order valence-corrected chi connectivity index (χ2v) is 8.76. The third kappa shape index (κ3) is 5.38. The number of carbonyl (C=O) groups is 1. The Balaban J connectivity index is 1.60. The molecule has 11 heteroatoms. The van der Waals surface area contributed by atoms with Gasteiger partial charge in [-0.2, -0.15) is 26.3 Å². The minimum Gasteiger partial charge on any atom is -0.439 e. The number of nitrogens with zero attached hydrogens (tertiary/aromatic N) is 1. The summed E-state index contributed by atoms with van der Waals surface area (Å²) in [6, 6.07) is 10.2. The van der Waals surface area contributed by atoms with Crippen molar-refractivity contribution >= 4 is 6.03 Å². The van der Waals surface area contributed by atoms with Gasteiger partial charge in [-0.1, -0.05) is 30.3 Å². The Kier molecular flexibility index (Phi) is 6.84. The average molecular weight is 511 g/mol. The number of halogens is 6. The van der Waals surface area contributed by atoms with E-state index >= 15 is 0 Å². The molecular weight excluding hydrogens is 488 g/mol. The van der Waals surface area contributed by atoms with Crippen LogP contribution >= 0.6 is 0 Å². The zero-order valence-corrected chi connectivity index (χ0v) is 19.1. The van der Waals surface area contributed by atoms with Crippen LogP contribution in [0.15, 0.2) is 48.5 Å². The average Bonchev–Trinajstić information content (AvgIpc) is 3.45. The topological polar surface area (TPSA) is 53.6 Å². The van der Waals surface area contributed by atoms with Crippen molar-refractivity contribution in [1.29, 1.82) is 0 Å². The molecule has 2 aliphatic rings. The summed E-state index contributed by atoms with van der Waals surface area (Å²) >= 11 is 0. The standard InChI is InChI=1S/C25H23F6N3O2/c1-16(17-11-19(24(26,27)28)13-20(12-17)25(29,30)31)36-10-7-23(18-5-3-2-4-6-18)14-21(15-33-23)34-9-8-32-22(34)35/h2-6,11-13,16,21,33H,8-9,14-15H2,1H3,(H,32,35)/t16-,21+,23+/m1/s1. The van der Waals surface area contributed by atoms with Crippen molar-refractivity contribution in [3.63, 3.8) is 0 Å². The molecule has 0 bridgehead atoms. The largest absolute Gasteiger partial charge is 0.439 e. The number of urea groups is 1. The van der Waals surface area contributed by atoms with E-state index in [0.29, 0.717) is 38.2 Å². The van der Waals surface area contributed by atoms with E-state index in [2.05, 4.69) is 22.7 Å². The third-order valence-electron chi connectivity index (χ3n) is 6.36. The lowest BCUT2D eigenvalue weighted by atomic mass is 9.88. The number of rotatable bonds is 4. The molecule has 3 atom stereocenters. The Hall–Kier alpha value is -3.39. The summed E-state index contributed by atoms with van der Waals surface area (Å²) in [5.74, 6) is 2.98. The number of amides is 2. The molecule has 0 aromatic heterocycles. The van der Waals surface area contributed by atoms with E-state index in [-0.39, 0.29) is 23.7 Å². The van der Waals surface area contributed by atoms with Gasteiger partial charge in [0, 0.05) is 32.1 Å². The van der Waals surface area contributed by atoms with Crippen LogP contribution in [0.4, 0.5) is 31.1 Å². The Morgan fingerprint density at radius 1 is 1.06 bits per heavy atom. The number of alkyl halides is 6. The lowest BCUT2D eigenvalue weighted by Gasteiger charge is -2.26. The van der Waals surface area contributed by atoms with Crippen molar-refractivity contribution in [2.75, 3.05) is 19.6 Å². The van der Waals surface area contributed by atoms with Crippen molar-refractivity contribution in [2.45, 2.75) is 43.4 Å². The van der Waals surface area contributed by atoms with Crippen LogP contribution in [0.3, 0.4) is 0 Å². The highest BCUT2D eigenvalue weighted by Gasteiger charge is 2.44. The molecule has 5 nitrogen and oxygen atoms in total. The van der Waals surface area contributed by atoms with Crippen molar-refractivity contribution in [3.05, 3.63) is 70.8 Å². The fourth-order valence-corrected chi connectivity index (χ4v) is 4.44. The quantitative estimate of drug-likeness (QED) is 0.447. The summed E-state index contributed by atoms with van der Waals surface area (Å²) in [5.41, 5.74) is -3.25. The molecule has 0 unspecified atom stereocenters. The molecule has 2 aromatic carbocycles. The van der Waals surface area contributed by atoms with Crippen LogP contribution in [0.25, 0.3) is 0 Å². The first kappa shape index (κ1) is 25.7. The lowest BCUT2D eigenvalue weighted by molar-refractivity contribution is -0.143. The molecule has 2 fully saturated rings. The molecule has 2 aromatic rings. The molecule has 0 spiro atoms. The number of carbonyl (C=O) groups excluding carboxylic acids is 1. The Morgan fingerprint density at radius 2 is 1.69 bits per heavy atom. The van der Waals surface area contributed by atoms with Gasteiger partial charge in [0.05, 0.1) is 11.1 Å². The lowest BCUT2D eigenvalue weighted by Crippen LogP contribution is -2.39. The zero-order valence-electron chi connectivity index (χ0n) is 19.1. The van der Waals surface area contributed by atoms with Gasteiger partial charge < -0.3 is 15.0 Å². The van der Waals surface area contributed by atoms with Gasteiger partial charge in [0.1, 0.15) is 17.7 Å². The first-order chi connectivity index (χ1) is 16.9. The van der Waals surface area contributed by atoms with Crippen LogP contribution in [0.5, 0.6) is 0 Å². The van der Waals surface area contributed by atoms with Crippen molar-refractivity contribution < 1.29 is 35.9 Å². The predicted octanol–water partition coefficient (Wildman–Crippen LogP) is 5.05. The third-order valence-corrected chi connectivity index (χ3v) is 6.36. The fourth-order valence-electron chi connectivity index (χ4n) is 4.44. The summed E-state index contributed by atoms with van der Waals surface area (Å²) in [7, 11) is 0. The first-order valence-corrected chi connectivity index (χ1v) is 11.2. The van der Waals surface area contributed by atoms with E-state index in [4.69, 9.17) is 4.74 Å². The maximum absolute atomic E-state index is 13.2. The molecule has 0 radical (unpaired) electrons. The minimum absolute atomic E-state index is 0.0728. The van der Waals surface area contributed by atoms with Gasteiger partial charge >= 0.3 is 18.4 Å². The van der Waals surface area contributed by atoms with Gasteiger partial charge in [0.2, 0.25) is 0 Å². The number of ether oxygens (including phenoxy) is 1. The highest BCUT2D eigenvalue weighted by molar-refractivity contribution is 5.76. The van der Waals surface area contributed by atoms with E-state index in [0.717, 1.165) is 5.56 Å². The fraction of sp³-hybridized carbons (Fsp3) is 0.400. The van der Waals surface area contributed by atoms with Gasteiger partial charge in [0.15, 0.2) is 0 Å². The molecule has 192 valence electrons. The van der Waals surface area contributed by atoms with Gasteiger partial charge in [-0.25, -0.2) is 4.79 Å². The van der Waals surface area contributed by atoms with Crippen LogP contribution in [0.2, 0.25) is 0 Å².